The molecule has 2 rings (SSSR count). The Morgan fingerprint density at radius 1 is 1.32 bits per heavy atom. The lowest BCUT2D eigenvalue weighted by atomic mass is 10.1. The topological polar surface area (TPSA) is 101 Å². The number of alkyl halides is 2. The summed E-state index contributed by atoms with van der Waals surface area (Å²) < 4.78 is 29.5. The Bertz CT molecular complexity index is 947. The SMILES string of the molecule is COC(=O)c1ccc(C)c(NC(=O)CCc2c(C)nc(SC(F)F)[nH]c2=O)c1. The first kappa shape index (κ1) is 21.5. The molecule has 0 saturated heterocycles. The van der Waals surface area contributed by atoms with Gasteiger partial charge in [0, 0.05) is 23.4 Å². The summed E-state index contributed by atoms with van der Waals surface area (Å²) in [5.74, 6) is -3.58. The zero-order valence-electron chi connectivity index (χ0n) is 15.5. The van der Waals surface area contributed by atoms with Crippen LogP contribution in [0.5, 0.6) is 0 Å². The number of aromatic nitrogens is 2. The second-order valence-electron chi connectivity index (χ2n) is 5.88. The molecule has 1 heterocycles. The van der Waals surface area contributed by atoms with Crippen LogP contribution in [0.2, 0.25) is 0 Å². The van der Waals surface area contributed by atoms with Gasteiger partial charge in [-0.25, -0.2) is 9.78 Å². The average Bonchev–Trinajstić information content (AvgIpc) is 2.61. The molecule has 0 saturated carbocycles. The highest BCUT2D eigenvalue weighted by atomic mass is 32.2. The van der Waals surface area contributed by atoms with Gasteiger partial charge in [-0.1, -0.05) is 6.07 Å². The van der Waals surface area contributed by atoms with E-state index in [4.69, 9.17) is 0 Å². The standard InChI is InChI=1S/C18H19F2N3O4S/c1-9-4-5-11(16(26)27-3)8-13(9)22-14(24)7-6-12-10(2)21-18(23-15(12)25)28-17(19)20/h4-5,8,17H,6-7H2,1-3H3,(H,22,24)(H,21,23,25). The van der Waals surface area contributed by atoms with E-state index in [9.17, 15) is 23.2 Å². The molecular weight excluding hydrogens is 392 g/mol. The van der Waals surface area contributed by atoms with Gasteiger partial charge in [0.15, 0.2) is 5.16 Å². The summed E-state index contributed by atoms with van der Waals surface area (Å²) in [5, 5.41) is 2.53. The van der Waals surface area contributed by atoms with Crippen molar-refractivity contribution in [3.05, 3.63) is 50.9 Å². The van der Waals surface area contributed by atoms with Crippen molar-refractivity contribution in [3.8, 4) is 0 Å². The van der Waals surface area contributed by atoms with E-state index < -0.39 is 17.3 Å². The Hall–Kier alpha value is -2.75. The number of benzene rings is 1. The summed E-state index contributed by atoms with van der Waals surface area (Å²) in [4.78, 5) is 42.2. The zero-order valence-corrected chi connectivity index (χ0v) is 16.3. The largest absolute Gasteiger partial charge is 0.465 e. The number of rotatable bonds is 7. The van der Waals surface area contributed by atoms with Crippen LogP contribution in [0, 0.1) is 13.8 Å². The number of H-pyrrole nitrogens is 1. The number of aryl methyl sites for hydroxylation is 2. The molecule has 150 valence electrons. The summed E-state index contributed by atoms with van der Waals surface area (Å²) >= 11 is 0.152. The third kappa shape index (κ3) is 5.62. The number of carbonyl (C=O) groups excluding carboxylic acids is 2. The molecule has 1 amide bonds. The summed E-state index contributed by atoms with van der Waals surface area (Å²) in [6.07, 6.45) is 0.0736. The van der Waals surface area contributed by atoms with Gasteiger partial charge in [0.05, 0.1) is 12.7 Å². The van der Waals surface area contributed by atoms with E-state index in [0.717, 1.165) is 5.56 Å². The lowest BCUT2D eigenvalue weighted by Gasteiger charge is -2.11. The Balaban J connectivity index is 2.07. The van der Waals surface area contributed by atoms with Crippen LogP contribution >= 0.6 is 11.8 Å². The predicted molar refractivity (Wildman–Crippen MR) is 101 cm³/mol. The molecule has 0 bridgehead atoms. The van der Waals surface area contributed by atoms with E-state index >= 15 is 0 Å². The van der Waals surface area contributed by atoms with E-state index in [1.807, 2.05) is 0 Å². The maximum Gasteiger partial charge on any atom is 0.337 e. The number of methoxy groups -OCH3 is 1. The van der Waals surface area contributed by atoms with Crippen LogP contribution in [0.3, 0.4) is 0 Å². The minimum atomic E-state index is -2.69. The molecule has 2 N–H and O–H groups in total. The Labute approximate surface area is 163 Å². The molecule has 1 aromatic carbocycles. The maximum absolute atomic E-state index is 12.4. The van der Waals surface area contributed by atoms with Crippen LogP contribution in [-0.4, -0.2) is 34.7 Å². The molecule has 7 nitrogen and oxygen atoms in total. The van der Waals surface area contributed by atoms with Gasteiger partial charge in [-0.05, 0) is 49.7 Å². The molecule has 0 radical (unpaired) electrons. The first-order chi connectivity index (χ1) is 13.2. The van der Waals surface area contributed by atoms with Gasteiger partial charge in [0.1, 0.15) is 0 Å². The number of amides is 1. The molecule has 0 spiro atoms. The number of anilines is 1. The average molecular weight is 411 g/mol. The molecule has 1 aromatic heterocycles. The first-order valence-corrected chi connectivity index (χ1v) is 9.12. The fourth-order valence-electron chi connectivity index (χ4n) is 2.47. The fourth-order valence-corrected chi connectivity index (χ4v) is 2.98. The Kier molecular flexibility index (Phi) is 7.27. The number of halogens is 2. The molecule has 0 atom stereocenters. The van der Waals surface area contributed by atoms with Crippen molar-refractivity contribution < 1.29 is 23.1 Å². The summed E-state index contributed by atoms with van der Waals surface area (Å²) in [6.45, 7) is 3.30. The fraction of sp³-hybridized carbons (Fsp3) is 0.333. The predicted octanol–water partition coefficient (Wildman–Crippen LogP) is 3.06. The number of hydrogen-bond donors (Lipinski definition) is 2. The molecule has 0 fully saturated rings. The molecule has 0 aliphatic rings. The number of hydrogen-bond acceptors (Lipinski definition) is 6. The monoisotopic (exact) mass is 411 g/mol. The third-order valence-electron chi connectivity index (χ3n) is 3.94. The number of aromatic amines is 1. The molecule has 10 heteroatoms. The maximum atomic E-state index is 12.4. The van der Waals surface area contributed by atoms with Crippen molar-refractivity contribution in [2.24, 2.45) is 0 Å². The lowest BCUT2D eigenvalue weighted by Crippen LogP contribution is -2.20. The highest BCUT2D eigenvalue weighted by Crippen LogP contribution is 2.21. The number of carbonyl (C=O) groups is 2. The van der Waals surface area contributed by atoms with E-state index in [1.54, 1.807) is 19.1 Å². The van der Waals surface area contributed by atoms with E-state index in [0.29, 0.717) is 16.9 Å². The number of thioether (sulfide) groups is 1. The van der Waals surface area contributed by atoms with E-state index in [1.165, 1.54) is 20.1 Å². The van der Waals surface area contributed by atoms with Crippen LogP contribution in [0.1, 0.15) is 33.6 Å². The van der Waals surface area contributed by atoms with Crippen molar-refractivity contribution in [2.45, 2.75) is 37.6 Å². The zero-order chi connectivity index (χ0) is 20.8. The highest BCUT2D eigenvalue weighted by molar-refractivity contribution is 7.99. The molecule has 28 heavy (non-hydrogen) atoms. The Morgan fingerprint density at radius 3 is 2.64 bits per heavy atom. The number of ether oxygens (including phenoxy) is 1. The van der Waals surface area contributed by atoms with Crippen molar-refractivity contribution >= 4 is 29.3 Å². The normalized spacial score (nSPS) is 10.8. The quantitative estimate of drug-likeness (QED) is 0.413. The Morgan fingerprint density at radius 2 is 2.04 bits per heavy atom. The van der Waals surface area contributed by atoms with Crippen molar-refractivity contribution in [1.82, 2.24) is 9.97 Å². The third-order valence-corrected chi connectivity index (χ3v) is 4.53. The second-order valence-corrected chi connectivity index (χ2v) is 6.86. The second kappa shape index (κ2) is 9.45. The van der Waals surface area contributed by atoms with Gasteiger partial charge >= 0.3 is 5.97 Å². The number of esters is 1. The smallest absolute Gasteiger partial charge is 0.337 e. The summed E-state index contributed by atoms with van der Waals surface area (Å²) in [6, 6.07) is 4.78. The van der Waals surface area contributed by atoms with Crippen LogP contribution in [-0.2, 0) is 16.0 Å². The minimum absolute atomic E-state index is 0.0190. The first-order valence-electron chi connectivity index (χ1n) is 8.24. The van der Waals surface area contributed by atoms with E-state index in [2.05, 4.69) is 20.0 Å². The summed E-state index contributed by atoms with van der Waals surface area (Å²) in [7, 11) is 1.26. The van der Waals surface area contributed by atoms with Gasteiger partial charge in [-0.2, -0.15) is 8.78 Å². The van der Waals surface area contributed by atoms with Gasteiger partial charge in [-0.3, -0.25) is 9.59 Å². The van der Waals surface area contributed by atoms with Gasteiger partial charge < -0.3 is 15.0 Å². The van der Waals surface area contributed by atoms with Crippen molar-refractivity contribution in [3.63, 3.8) is 0 Å². The van der Waals surface area contributed by atoms with Gasteiger partial charge in [0.25, 0.3) is 11.3 Å². The molecular formula is C18H19F2N3O4S. The van der Waals surface area contributed by atoms with Gasteiger partial charge in [-0.15, -0.1) is 0 Å². The number of nitrogens with zero attached hydrogens (tertiary/aromatic N) is 1. The highest BCUT2D eigenvalue weighted by Gasteiger charge is 2.15. The summed E-state index contributed by atoms with van der Waals surface area (Å²) in [5.41, 5.74) is 1.52. The lowest BCUT2D eigenvalue weighted by molar-refractivity contribution is -0.116. The molecule has 0 aliphatic heterocycles. The van der Waals surface area contributed by atoms with Gasteiger partial charge in [0.2, 0.25) is 5.91 Å². The van der Waals surface area contributed by atoms with Crippen LogP contribution < -0.4 is 10.9 Å². The van der Waals surface area contributed by atoms with Crippen LogP contribution in [0.4, 0.5) is 14.5 Å². The minimum Gasteiger partial charge on any atom is -0.465 e. The van der Waals surface area contributed by atoms with Crippen molar-refractivity contribution in [2.75, 3.05) is 12.4 Å². The molecule has 0 unspecified atom stereocenters. The number of nitrogens with one attached hydrogen (secondary N) is 2. The van der Waals surface area contributed by atoms with E-state index in [-0.39, 0.29) is 41.2 Å². The molecule has 2 aromatic rings. The molecule has 0 aliphatic carbocycles. The van der Waals surface area contributed by atoms with Crippen molar-refractivity contribution in [1.29, 1.82) is 0 Å². The van der Waals surface area contributed by atoms with Crippen LogP contribution in [0.15, 0.2) is 28.2 Å². The van der Waals surface area contributed by atoms with Crippen LogP contribution in [0.25, 0.3) is 0 Å².